The second kappa shape index (κ2) is 6.60. The van der Waals surface area contributed by atoms with Gasteiger partial charge in [-0.15, -0.1) is 11.6 Å². The third kappa shape index (κ3) is 4.22. The summed E-state index contributed by atoms with van der Waals surface area (Å²) in [6.45, 7) is 1.09. The summed E-state index contributed by atoms with van der Waals surface area (Å²) >= 11 is 5.38. The second-order valence-corrected chi connectivity index (χ2v) is 5.95. The zero-order chi connectivity index (χ0) is 15.4. The number of rotatable bonds is 5. The topological polar surface area (TPSA) is 46.2 Å². The minimum Gasteiger partial charge on any atom is -0.207 e. The van der Waals surface area contributed by atoms with E-state index in [9.17, 15) is 21.6 Å². The van der Waals surface area contributed by atoms with Crippen LogP contribution >= 0.6 is 11.6 Å². The van der Waals surface area contributed by atoms with E-state index in [1.54, 1.807) is 0 Å². The molecule has 1 aromatic rings. The monoisotopic (exact) mass is 327 g/mol. The molecule has 0 aromatic heterocycles. The summed E-state index contributed by atoms with van der Waals surface area (Å²) in [4.78, 5) is -0.383. The summed E-state index contributed by atoms with van der Waals surface area (Å²) in [6.07, 6.45) is -1.58. The maximum Gasteiger partial charge on any atom is 0.416 e. The molecule has 1 rings (SSSR count). The SMILES string of the molecule is Cc1c(C(F)(F)F)cccc1S(=O)(=O)NC/C=C/CCl. The van der Waals surface area contributed by atoms with Gasteiger partial charge in [-0.2, -0.15) is 13.2 Å². The Kier molecular flexibility index (Phi) is 5.61. The van der Waals surface area contributed by atoms with Crippen LogP contribution in [0.1, 0.15) is 11.1 Å². The van der Waals surface area contributed by atoms with Crippen molar-refractivity contribution in [3.8, 4) is 0 Å². The van der Waals surface area contributed by atoms with Crippen molar-refractivity contribution >= 4 is 21.6 Å². The molecule has 3 nitrogen and oxygen atoms in total. The van der Waals surface area contributed by atoms with Crippen molar-refractivity contribution in [2.45, 2.75) is 18.0 Å². The summed E-state index contributed by atoms with van der Waals surface area (Å²) in [6, 6.07) is 3.05. The molecule has 0 radical (unpaired) electrons. The fourth-order valence-corrected chi connectivity index (χ4v) is 2.96. The second-order valence-electron chi connectivity index (χ2n) is 3.90. The predicted molar refractivity (Wildman–Crippen MR) is 71.2 cm³/mol. The van der Waals surface area contributed by atoms with Gasteiger partial charge < -0.3 is 0 Å². The lowest BCUT2D eigenvalue weighted by atomic mass is 10.1. The van der Waals surface area contributed by atoms with Gasteiger partial charge >= 0.3 is 6.18 Å². The summed E-state index contributed by atoms with van der Waals surface area (Å²) in [5.74, 6) is 0.227. The van der Waals surface area contributed by atoms with Crippen LogP contribution in [0.3, 0.4) is 0 Å². The lowest BCUT2D eigenvalue weighted by Crippen LogP contribution is -2.25. The molecular weight excluding hydrogens is 315 g/mol. The van der Waals surface area contributed by atoms with Crippen molar-refractivity contribution < 1.29 is 21.6 Å². The van der Waals surface area contributed by atoms with Gasteiger partial charge in [0, 0.05) is 12.4 Å². The lowest BCUT2D eigenvalue weighted by Gasteiger charge is -2.14. The molecule has 0 unspecified atom stereocenters. The van der Waals surface area contributed by atoms with Crippen molar-refractivity contribution in [1.82, 2.24) is 4.72 Å². The van der Waals surface area contributed by atoms with Crippen molar-refractivity contribution in [2.75, 3.05) is 12.4 Å². The number of alkyl halides is 4. The minimum atomic E-state index is -4.59. The number of allylic oxidation sites excluding steroid dienone is 1. The van der Waals surface area contributed by atoms with Crippen molar-refractivity contribution in [3.63, 3.8) is 0 Å². The Balaban J connectivity index is 3.11. The maximum absolute atomic E-state index is 12.7. The quantitative estimate of drug-likeness (QED) is 0.667. The summed E-state index contributed by atoms with van der Waals surface area (Å²) in [5.41, 5.74) is -1.29. The number of sulfonamides is 1. The van der Waals surface area contributed by atoms with Crippen molar-refractivity contribution in [2.24, 2.45) is 0 Å². The average molecular weight is 328 g/mol. The van der Waals surface area contributed by atoms with Gasteiger partial charge in [0.1, 0.15) is 0 Å². The molecule has 8 heteroatoms. The highest BCUT2D eigenvalue weighted by Crippen LogP contribution is 2.33. The van der Waals surface area contributed by atoms with Gasteiger partial charge in [0.05, 0.1) is 10.5 Å². The number of nitrogens with one attached hydrogen (secondary N) is 1. The Morgan fingerprint density at radius 1 is 1.30 bits per heavy atom. The third-order valence-electron chi connectivity index (χ3n) is 2.53. The molecule has 0 aliphatic rings. The zero-order valence-corrected chi connectivity index (χ0v) is 12.1. The van der Waals surface area contributed by atoms with Crippen LogP contribution in [-0.2, 0) is 16.2 Å². The predicted octanol–water partition coefficient (Wildman–Crippen LogP) is 3.09. The first-order chi connectivity index (χ1) is 9.20. The van der Waals surface area contributed by atoms with E-state index in [0.29, 0.717) is 0 Å². The van der Waals surface area contributed by atoms with Crippen LogP contribution in [0, 0.1) is 6.92 Å². The molecule has 0 amide bonds. The molecule has 0 atom stereocenters. The minimum absolute atomic E-state index is 0.0370. The number of hydrogen-bond acceptors (Lipinski definition) is 2. The van der Waals surface area contributed by atoms with Crippen LogP contribution in [0.2, 0.25) is 0 Å². The molecule has 20 heavy (non-hydrogen) atoms. The molecule has 112 valence electrons. The molecule has 0 heterocycles. The molecule has 0 saturated heterocycles. The first kappa shape index (κ1) is 17.0. The largest absolute Gasteiger partial charge is 0.416 e. The van der Waals surface area contributed by atoms with Crippen LogP contribution in [-0.4, -0.2) is 20.8 Å². The number of benzene rings is 1. The van der Waals surface area contributed by atoms with E-state index < -0.39 is 21.8 Å². The Hall–Kier alpha value is -1.05. The normalized spacial score (nSPS) is 13.1. The Morgan fingerprint density at radius 3 is 2.50 bits per heavy atom. The van der Waals surface area contributed by atoms with Crippen LogP contribution < -0.4 is 4.72 Å². The summed E-state index contributed by atoms with van der Waals surface area (Å²) in [7, 11) is -4.00. The van der Waals surface area contributed by atoms with Gasteiger partial charge in [0.25, 0.3) is 0 Å². The molecule has 0 fully saturated rings. The van der Waals surface area contributed by atoms with E-state index in [4.69, 9.17) is 11.6 Å². The van der Waals surface area contributed by atoms with E-state index in [0.717, 1.165) is 25.1 Å². The highest BCUT2D eigenvalue weighted by molar-refractivity contribution is 7.89. The molecule has 0 aliphatic carbocycles. The molecule has 1 aromatic carbocycles. The first-order valence-corrected chi connectivity index (χ1v) is 7.59. The molecular formula is C12H13ClF3NO2S. The standard InChI is InChI=1S/C12H13ClF3NO2S/c1-9-10(12(14,15)16)5-4-6-11(9)20(18,19)17-8-3-2-7-13/h2-6,17H,7-8H2,1H3/b3-2+. The van der Waals surface area contributed by atoms with E-state index in [1.165, 1.54) is 12.2 Å². The molecule has 1 N–H and O–H groups in total. The van der Waals surface area contributed by atoms with E-state index in [-0.39, 0.29) is 22.9 Å². The Labute approximate surface area is 120 Å². The molecule has 0 bridgehead atoms. The van der Waals surface area contributed by atoms with Gasteiger partial charge in [-0.3, -0.25) is 0 Å². The fraction of sp³-hybridized carbons (Fsp3) is 0.333. The fourth-order valence-electron chi connectivity index (χ4n) is 1.59. The van der Waals surface area contributed by atoms with Crippen LogP contribution in [0.5, 0.6) is 0 Å². The van der Waals surface area contributed by atoms with E-state index in [2.05, 4.69) is 4.72 Å². The molecule has 0 saturated carbocycles. The van der Waals surface area contributed by atoms with Gasteiger partial charge in [-0.1, -0.05) is 18.2 Å². The van der Waals surface area contributed by atoms with Gasteiger partial charge in [0.15, 0.2) is 0 Å². The molecule has 0 spiro atoms. The smallest absolute Gasteiger partial charge is 0.207 e. The third-order valence-corrected chi connectivity index (χ3v) is 4.27. The summed E-state index contributed by atoms with van der Waals surface area (Å²) < 4.78 is 64.3. The van der Waals surface area contributed by atoms with Crippen molar-refractivity contribution in [1.29, 1.82) is 0 Å². The average Bonchev–Trinajstić information content (AvgIpc) is 2.33. The highest BCUT2D eigenvalue weighted by Gasteiger charge is 2.34. The molecule has 0 aliphatic heterocycles. The number of hydrogen-bond donors (Lipinski definition) is 1. The Morgan fingerprint density at radius 2 is 1.95 bits per heavy atom. The Bertz CT molecular complexity index is 597. The lowest BCUT2D eigenvalue weighted by molar-refractivity contribution is -0.138. The summed E-state index contributed by atoms with van der Waals surface area (Å²) in [5, 5.41) is 0. The first-order valence-electron chi connectivity index (χ1n) is 5.57. The van der Waals surface area contributed by atoms with E-state index >= 15 is 0 Å². The van der Waals surface area contributed by atoms with E-state index in [1.807, 2.05) is 0 Å². The maximum atomic E-state index is 12.7. The van der Waals surface area contributed by atoms with Crippen LogP contribution in [0.4, 0.5) is 13.2 Å². The number of halogens is 4. The van der Waals surface area contributed by atoms with Gasteiger partial charge in [-0.05, 0) is 24.6 Å². The van der Waals surface area contributed by atoms with Gasteiger partial charge in [0.2, 0.25) is 10.0 Å². The van der Waals surface area contributed by atoms with Crippen molar-refractivity contribution in [3.05, 3.63) is 41.5 Å². The van der Waals surface area contributed by atoms with Crippen LogP contribution in [0.25, 0.3) is 0 Å². The van der Waals surface area contributed by atoms with Crippen LogP contribution in [0.15, 0.2) is 35.2 Å². The van der Waals surface area contributed by atoms with Gasteiger partial charge in [-0.25, -0.2) is 13.1 Å². The zero-order valence-electron chi connectivity index (χ0n) is 10.5. The highest BCUT2D eigenvalue weighted by atomic mass is 35.5.